The van der Waals surface area contributed by atoms with Crippen LogP contribution in [-0.2, 0) is 11.3 Å². The summed E-state index contributed by atoms with van der Waals surface area (Å²) in [6.45, 7) is 3.59. The molecule has 3 rings (SSSR count). The van der Waals surface area contributed by atoms with Crippen molar-refractivity contribution in [2.24, 2.45) is 0 Å². The molecule has 124 valence electrons. The summed E-state index contributed by atoms with van der Waals surface area (Å²) in [7, 11) is 1.60. The molecule has 2 aromatic rings. The van der Waals surface area contributed by atoms with Crippen molar-refractivity contribution in [2.75, 3.05) is 13.6 Å². The number of carbonyl (C=O) groups is 2. The molecular formula is C19H21N3O2. The minimum Gasteiger partial charge on any atom is -0.355 e. The Kier molecular flexibility index (Phi) is 4.51. The van der Waals surface area contributed by atoms with E-state index < -0.39 is 0 Å². The van der Waals surface area contributed by atoms with Crippen LogP contribution >= 0.6 is 0 Å². The van der Waals surface area contributed by atoms with E-state index in [1.807, 2.05) is 23.1 Å². The summed E-state index contributed by atoms with van der Waals surface area (Å²) in [5, 5.41) is 2.59. The van der Waals surface area contributed by atoms with Crippen LogP contribution in [0.1, 0.15) is 34.6 Å². The molecule has 1 aliphatic heterocycles. The summed E-state index contributed by atoms with van der Waals surface area (Å²) >= 11 is 0. The highest BCUT2D eigenvalue weighted by Gasteiger charge is 2.25. The van der Waals surface area contributed by atoms with Crippen LogP contribution in [0.2, 0.25) is 0 Å². The lowest BCUT2D eigenvalue weighted by Gasteiger charge is -2.34. The lowest BCUT2D eigenvalue weighted by Crippen LogP contribution is -2.39. The van der Waals surface area contributed by atoms with Crippen LogP contribution < -0.4 is 5.32 Å². The first-order valence-corrected chi connectivity index (χ1v) is 8.06. The second-order valence-corrected chi connectivity index (χ2v) is 5.87. The molecule has 0 radical (unpaired) electrons. The van der Waals surface area contributed by atoms with E-state index in [2.05, 4.69) is 29.1 Å². The molecule has 0 aliphatic carbocycles. The summed E-state index contributed by atoms with van der Waals surface area (Å²) in [5.74, 6) is -0.114. The molecule has 24 heavy (non-hydrogen) atoms. The summed E-state index contributed by atoms with van der Waals surface area (Å²) in [6, 6.07) is 11.3. The molecule has 1 unspecified atom stereocenters. The average Bonchev–Trinajstić information content (AvgIpc) is 3.09. The van der Waals surface area contributed by atoms with E-state index in [0.29, 0.717) is 12.1 Å². The maximum Gasteiger partial charge on any atom is 0.251 e. The summed E-state index contributed by atoms with van der Waals surface area (Å²) in [4.78, 5) is 25.9. The molecule has 1 aromatic heterocycles. The van der Waals surface area contributed by atoms with Crippen molar-refractivity contribution >= 4 is 17.9 Å². The molecule has 1 aliphatic rings. The molecule has 2 amide bonds. The minimum atomic E-state index is -0.119. The predicted molar refractivity (Wildman–Crippen MR) is 93.4 cm³/mol. The van der Waals surface area contributed by atoms with E-state index in [0.717, 1.165) is 17.8 Å². The van der Waals surface area contributed by atoms with Gasteiger partial charge >= 0.3 is 0 Å². The zero-order valence-corrected chi connectivity index (χ0v) is 13.9. The van der Waals surface area contributed by atoms with Crippen LogP contribution in [0.25, 0.3) is 6.08 Å². The highest BCUT2D eigenvalue weighted by Crippen LogP contribution is 2.25. The highest BCUT2D eigenvalue weighted by molar-refractivity contribution is 5.95. The molecular weight excluding hydrogens is 302 g/mol. The number of nitrogens with zero attached hydrogens (tertiary/aromatic N) is 2. The fraction of sp³-hybridized carbons (Fsp3) is 0.263. The summed E-state index contributed by atoms with van der Waals surface area (Å²) < 4.78 is 2.19. The van der Waals surface area contributed by atoms with Crippen molar-refractivity contribution in [1.82, 2.24) is 14.8 Å². The minimum absolute atomic E-state index is 0.00493. The Morgan fingerprint density at radius 3 is 2.62 bits per heavy atom. The SMILES string of the molecule is CNC(=O)c1ccc(C=CC(=O)N2CCn3cccc3C2C)cc1. The van der Waals surface area contributed by atoms with E-state index in [4.69, 9.17) is 0 Å². The fourth-order valence-corrected chi connectivity index (χ4v) is 3.03. The van der Waals surface area contributed by atoms with E-state index in [9.17, 15) is 9.59 Å². The van der Waals surface area contributed by atoms with Crippen LogP contribution in [0.15, 0.2) is 48.7 Å². The van der Waals surface area contributed by atoms with Crippen molar-refractivity contribution in [2.45, 2.75) is 19.5 Å². The predicted octanol–water partition coefficient (Wildman–Crippen LogP) is 2.46. The number of aromatic nitrogens is 1. The smallest absolute Gasteiger partial charge is 0.251 e. The molecule has 1 atom stereocenters. The van der Waals surface area contributed by atoms with Crippen LogP contribution in [-0.4, -0.2) is 34.9 Å². The van der Waals surface area contributed by atoms with Crippen molar-refractivity contribution in [3.63, 3.8) is 0 Å². The van der Waals surface area contributed by atoms with E-state index in [1.165, 1.54) is 0 Å². The lowest BCUT2D eigenvalue weighted by atomic mass is 10.1. The fourth-order valence-electron chi connectivity index (χ4n) is 3.03. The third kappa shape index (κ3) is 3.11. The number of hydrogen-bond donors (Lipinski definition) is 1. The molecule has 0 spiro atoms. The second kappa shape index (κ2) is 6.74. The zero-order chi connectivity index (χ0) is 17.1. The largest absolute Gasteiger partial charge is 0.355 e. The summed E-state index contributed by atoms with van der Waals surface area (Å²) in [6.07, 6.45) is 5.44. The number of nitrogens with one attached hydrogen (secondary N) is 1. The average molecular weight is 323 g/mol. The van der Waals surface area contributed by atoms with Crippen molar-refractivity contribution < 1.29 is 9.59 Å². The third-order valence-electron chi connectivity index (χ3n) is 4.44. The Balaban J connectivity index is 1.68. The Hall–Kier alpha value is -2.82. The van der Waals surface area contributed by atoms with Crippen molar-refractivity contribution in [3.05, 3.63) is 65.5 Å². The molecule has 0 saturated heterocycles. The zero-order valence-electron chi connectivity index (χ0n) is 13.9. The monoisotopic (exact) mass is 323 g/mol. The van der Waals surface area contributed by atoms with Gasteiger partial charge in [-0.15, -0.1) is 0 Å². The van der Waals surface area contributed by atoms with Gasteiger partial charge in [0.05, 0.1) is 6.04 Å². The van der Waals surface area contributed by atoms with E-state index in [-0.39, 0.29) is 17.9 Å². The Labute approximate surface area is 141 Å². The van der Waals surface area contributed by atoms with Crippen LogP contribution in [0.3, 0.4) is 0 Å². The van der Waals surface area contributed by atoms with Gasteiger partial charge in [-0.3, -0.25) is 9.59 Å². The number of rotatable bonds is 3. The Bertz CT molecular complexity index is 774. The first-order chi connectivity index (χ1) is 11.6. The van der Waals surface area contributed by atoms with Gasteiger partial charge in [0.25, 0.3) is 5.91 Å². The van der Waals surface area contributed by atoms with Gasteiger partial charge in [0.2, 0.25) is 5.91 Å². The molecule has 5 nitrogen and oxygen atoms in total. The number of fused-ring (bicyclic) bond motifs is 1. The first kappa shape index (κ1) is 16.1. The quantitative estimate of drug-likeness (QED) is 0.882. The molecule has 0 fully saturated rings. The van der Waals surface area contributed by atoms with Crippen molar-refractivity contribution in [3.8, 4) is 0 Å². The number of benzene rings is 1. The second-order valence-electron chi connectivity index (χ2n) is 5.87. The normalized spacial score (nSPS) is 16.9. The molecule has 0 saturated carbocycles. The molecule has 1 N–H and O–H groups in total. The van der Waals surface area contributed by atoms with Gasteiger partial charge in [0.15, 0.2) is 0 Å². The maximum absolute atomic E-state index is 12.5. The van der Waals surface area contributed by atoms with Crippen LogP contribution in [0.4, 0.5) is 0 Å². The van der Waals surface area contributed by atoms with Gasteiger partial charge in [0, 0.05) is 43.7 Å². The first-order valence-electron chi connectivity index (χ1n) is 8.06. The van der Waals surface area contributed by atoms with Crippen molar-refractivity contribution in [1.29, 1.82) is 0 Å². The standard InChI is InChI=1S/C19H21N3O2/c1-14-17-4-3-11-21(17)12-13-22(14)18(23)10-7-15-5-8-16(9-6-15)19(24)20-2/h3-11,14H,12-13H2,1-2H3,(H,20,24). The molecule has 0 bridgehead atoms. The van der Waals surface area contributed by atoms with Gasteiger partial charge in [-0.2, -0.15) is 0 Å². The van der Waals surface area contributed by atoms with Gasteiger partial charge in [-0.1, -0.05) is 12.1 Å². The Morgan fingerprint density at radius 1 is 1.17 bits per heavy atom. The number of amides is 2. The topological polar surface area (TPSA) is 54.3 Å². The lowest BCUT2D eigenvalue weighted by molar-refractivity contribution is -0.129. The Morgan fingerprint density at radius 2 is 1.92 bits per heavy atom. The van der Waals surface area contributed by atoms with Gasteiger partial charge in [0.1, 0.15) is 0 Å². The van der Waals surface area contributed by atoms with E-state index >= 15 is 0 Å². The van der Waals surface area contributed by atoms with Gasteiger partial charge < -0.3 is 14.8 Å². The third-order valence-corrected chi connectivity index (χ3v) is 4.44. The number of hydrogen-bond acceptors (Lipinski definition) is 2. The molecule has 1 aromatic carbocycles. The molecule has 5 heteroatoms. The maximum atomic E-state index is 12.5. The summed E-state index contributed by atoms with van der Waals surface area (Å²) in [5.41, 5.74) is 2.66. The number of carbonyl (C=O) groups excluding carboxylic acids is 2. The van der Waals surface area contributed by atoms with Gasteiger partial charge in [-0.25, -0.2) is 0 Å². The van der Waals surface area contributed by atoms with Crippen LogP contribution in [0, 0.1) is 0 Å². The highest BCUT2D eigenvalue weighted by atomic mass is 16.2. The van der Waals surface area contributed by atoms with Crippen LogP contribution in [0.5, 0.6) is 0 Å². The van der Waals surface area contributed by atoms with E-state index in [1.54, 1.807) is 31.3 Å². The molecule has 2 heterocycles. The van der Waals surface area contributed by atoms with Gasteiger partial charge in [-0.05, 0) is 42.8 Å².